The van der Waals surface area contributed by atoms with E-state index < -0.39 is 0 Å². The zero-order valence-corrected chi connectivity index (χ0v) is 26.8. The summed E-state index contributed by atoms with van der Waals surface area (Å²) in [5.74, 6) is 13.3. The zero-order valence-electron chi connectivity index (χ0n) is 23.6. The van der Waals surface area contributed by atoms with Crippen LogP contribution in [0.1, 0.15) is 36.8 Å². The molecule has 5 rings (SSSR count). The normalized spacial score (nSPS) is 9.71. The number of nitrogens with zero attached hydrogens (tertiary/aromatic N) is 2. The van der Waals surface area contributed by atoms with Crippen molar-refractivity contribution in [3.63, 3.8) is 0 Å². The first-order valence-electron chi connectivity index (χ1n) is 14.0. The minimum Gasteiger partial charge on any atom is -1.00 e. The molecule has 0 saturated carbocycles. The molecule has 0 aliphatic heterocycles. The van der Waals surface area contributed by atoms with Crippen LogP contribution in [0.3, 0.4) is 0 Å². The van der Waals surface area contributed by atoms with Gasteiger partial charge in [-0.25, -0.2) is 9.13 Å². The van der Waals surface area contributed by atoms with Crippen molar-refractivity contribution in [3.8, 4) is 45.9 Å². The van der Waals surface area contributed by atoms with Gasteiger partial charge >= 0.3 is 0 Å². The molecule has 42 heavy (non-hydrogen) atoms. The molecule has 3 aromatic carbocycles. The molecular weight excluding hydrogens is 644 g/mol. The van der Waals surface area contributed by atoms with Gasteiger partial charge in [-0.15, -0.1) is 0 Å². The van der Waals surface area contributed by atoms with Crippen LogP contribution in [0.25, 0.3) is 22.3 Å². The van der Waals surface area contributed by atoms with Crippen molar-refractivity contribution < 1.29 is 43.1 Å². The van der Waals surface area contributed by atoms with E-state index in [4.69, 9.17) is 0 Å². The highest BCUT2D eigenvalue weighted by Gasteiger charge is 2.05. The maximum absolute atomic E-state index is 3.34. The average molecular weight is 679 g/mol. The molecule has 0 bridgehead atoms. The fourth-order valence-electron chi connectivity index (χ4n) is 4.63. The Bertz CT molecular complexity index is 1540. The van der Waals surface area contributed by atoms with Crippen molar-refractivity contribution in [2.24, 2.45) is 0 Å². The standard InChI is InChI=1S/C38H34N2.2BrH/c1-7-20-35(21-8-1)37-24-14-28-39(31-37)26-11-3-5-16-33-18-13-19-34(30-33)17-6-4-12-27-40-29-15-25-38(32-40)36-22-9-2-10-23-36;;/h1-2,7-10,13-15,18-25,28-32H,3-4,11-12,26-27H2;2*1H/q+2;;/p-2. The van der Waals surface area contributed by atoms with Gasteiger partial charge in [0.25, 0.3) is 0 Å². The van der Waals surface area contributed by atoms with Crippen LogP contribution in [0.15, 0.2) is 134 Å². The van der Waals surface area contributed by atoms with Crippen molar-refractivity contribution in [3.05, 3.63) is 145 Å². The lowest BCUT2D eigenvalue weighted by Gasteiger charge is -2.00. The Morgan fingerprint density at radius 1 is 0.452 bits per heavy atom. The van der Waals surface area contributed by atoms with E-state index in [1.54, 1.807) is 0 Å². The number of benzene rings is 3. The second kappa shape index (κ2) is 17.8. The van der Waals surface area contributed by atoms with Gasteiger partial charge in [0.2, 0.25) is 0 Å². The highest BCUT2D eigenvalue weighted by Crippen LogP contribution is 2.17. The molecule has 5 aromatic rings. The minimum atomic E-state index is 0. The number of pyridine rings is 2. The Labute approximate surface area is 271 Å². The maximum atomic E-state index is 3.34. The van der Waals surface area contributed by atoms with E-state index in [1.807, 2.05) is 6.07 Å². The van der Waals surface area contributed by atoms with Crippen molar-refractivity contribution in [1.82, 2.24) is 0 Å². The third-order valence-corrected chi connectivity index (χ3v) is 6.69. The van der Waals surface area contributed by atoms with Gasteiger partial charge in [0.1, 0.15) is 13.1 Å². The predicted octanol–water partition coefficient (Wildman–Crippen LogP) is 1.27. The summed E-state index contributed by atoms with van der Waals surface area (Å²) < 4.78 is 4.50. The lowest BCUT2D eigenvalue weighted by Crippen LogP contribution is -3.00. The lowest BCUT2D eigenvalue weighted by molar-refractivity contribution is -0.696. The van der Waals surface area contributed by atoms with Crippen LogP contribution in [0.4, 0.5) is 0 Å². The molecule has 2 heterocycles. The molecule has 0 fully saturated rings. The molecule has 0 aliphatic rings. The maximum Gasteiger partial charge on any atom is 0.176 e. The molecule has 0 radical (unpaired) electrons. The van der Waals surface area contributed by atoms with Gasteiger partial charge in [-0.05, 0) is 41.5 Å². The molecule has 0 amide bonds. The molecule has 0 N–H and O–H groups in total. The summed E-state index contributed by atoms with van der Waals surface area (Å²) in [7, 11) is 0. The Balaban J connectivity index is 0.00000242. The number of rotatable bonds is 8. The molecule has 4 heteroatoms. The number of hydrogen-bond donors (Lipinski definition) is 0. The SMILES string of the molecule is C(#Cc1cccc(C#CCCC[n+]2cccc(-c3ccccc3)c2)c1)CCC[n+]1cccc(-c2ccccc2)c1.[Br-].[Br-]. The fourth-order valence-corrected chi connectivity index (χ4v) is 4.63. The average Bonchev–Trinajstić information content (AvgIpc) is 3.02. The van der Waals surface area contributed by atoms with Crippen molar-refractivity contribution in [2.75, 3.05) is 0 Å². The highest BCUT2D eigenvalue weighted by atomic mass is 79.9. The second-order valence-electron chi connectivity index (χ2n) is 9.78. The molecular formula is C38H34Br2N2. The van der Waals surface area contributed by atoms with Crippen molar-refractivity contribution >= 4 is 0 Å². The van der Waals surface area contributed by atoms with Gasteiger partial charge in [0, 0.05) is 60.1 Å². The van der Waals surface area contributed by atoms with Crippen LogP contribution in [-0.4, -0.2) is 0 Å². The summed E-state index contributed by atoms with van der Waals surface area (Å²) in [4.78, 5) is 0. The van der Waals surface area contributed by atoms with Crippen molar-refractivity contribution in [1.29, 1.82) is 0 Å². The van der Waals surface area contributed by atoms with Gasteiger partial charge in [-0.2, -0.15) is 0 Å². The van der Waals surface area contributed by atoms with Gasteiger partial charge in [-0.1, -0.05) is 90.4 Å². The van der Waals surface area contributed by atoms with E-state index in [9.17, 15) is 0 Å². The number of aryl methyl sites for hydroxylation is 2. The van der Waals surface area contributed by atoms with Crippen LogP contribution < -0.4 is 43.1 Å². The van der Waals surface area contributed by atoms with Gasteiger partial charge in [-0.3, -0.25) is 0 Å². The van der Waals surface area contributed by atoms with Crippen LogP contribution >= 0.6 is 0 Å². The van der Waals surface area contributed by atoms with Crippen LogP contribution in [-0.2, 0) is 13.1 Å². The smallest absolute Gasteiger partial charge is 0.176 e. The van der Waals surface area contributed by atoms with E-state index in [0.29, 0.717) is 0 Å². The number of unbranched alkanes of at least 4 members (excludes halogenated alkanes) is 2. The minimum absolute atomic E-state index is 0. The van der Waals surface area contributed by atoms with E-state index in [2.05, 4.69) is 161 Å². The predicted molar refractivity (Wildman–Crippen MR) is 163 cm³/mol. The highest BCUT2D eigenvalue weighted by molar-refractivity contribution is 5.61. The van der Waals surface area contributed by atoms with Crippen molar-refractivity contribution in [2.45, 2.75) is 38.8 Å². The van der Waals surface area contributed by atoms with E-state index in [1.165, 1.54) is 22.3 Å². The molecule has 0 spiro atoms. The second-order valence-corrected chi connectivity index (χ2v) is 9.78. The van der Waals surface area contributed by atoms with Crippen LogP contribution in [0.2, 0.25) is 0 Å². The number of halogens is 2. The van der Waals surface area contributed by atoms with E-state index >= 15 is 0 Å². The first kappa shape index (κ1) is 32.6. The topological polar surface area (TPSA) is 7.76 Å². The van der Waals surface area contributed by atoms with Crippen LogP contribution in [0.5, 0.6) is 0 Å². The lowest BCUT2D eigenvalue weighted by atomic mass is 10.1. The third kappa shape index (κ3) is 10.1. The van der Waals surface area contributed by atoms with E-state index in [0.717, 1.165) is 49.9 Å². The summed E-state index contributed by atoms with van der Waals surface area (Å²) in [6.45, 7) is 1.91. The fraction of sp³-hybridized carbons (Fsp3) is 0.158. The summed E-state index contributed by atoms with van der Waals surface area (Å²) in [6, 6.07) is 37.8. The Hall–Kier alpha value is -3.96. The molecule has 0 aliphatic carbocycles. The van der Waals surface area contributed by atoms with Gasteiger partial charge in [0.15, 0.2) is 24.8 Å². The molecule has 0 atom stereocenters. The molecule has 2 aromatic heterocycles. The molecule has 0 unspecified atom stereocenters. The Kier molecular flexibility index (Phi) is 13.8. The largest absolute Gasteiger partial charge is 1.00 e. The summed E-state index contributed by atoms with van der Waals surface area (Å²) in [5, 5.41) is 0. The number of aromatic nitrogens is 2. The first-order chi connectivity index (χ1) is 19.8. The summed E-state index contributed by atoms with van der Waals surface area (Å²) in [5.41, 5.74) is 7.02. The molecule has 2 nitrogen and oxygen atoms in total. The van der Waals surface area contributed by atoms with Crippen LogP contribution in [0, 0.1) is 23.7 Å². The Morgan fingerprint density at radius 3 is 1.33 bits per heavy atom. The summed E-state index contributed by atoms with van der Waals surface area (Å²) >= 11 is 0. The van der Waals surface area contributed by atoms with E-state index in [-0.39, 0.29) is 34.0 Å². The first-order valence-corrected chi connectivity index (χ1v) is 14.0. The van der Waals surface area contributed by atoms with Gasteiger partial charge in [0.05, 0.1) is 0 Å². The quantitative estimate of drug-likeness (QED) is 0.133. The zero-order chi connectivity index (χ0) is 27.2. The number of hydrogen-bond acceptors (Lipinski definition) is 0. The van der Waals surface area contributed by atoms with Gasteiger partial charge < -0.3 is 34.0 Å². The molecule has 0 saturated heterocycles. The Morgan fingerprint density at radius 2 is 0.881 bits per heavy atom. The third-order valence-electron chi connectivity index (χ3n) is 6.69. The molecule has 210 valence electrons. The summed E-state index contributed by atoms with van der Waals surface area (Å²) in [6.07, 6.45) is 12.4. The monoisotopic (exact) mass is 676 g/mol.